The van der Waals surface area contributed by atoms with E-state index in [1.165, 1.54) is 0 Å². The highest BCUT2D eigenvalue weighted by Gasteiger charge is 2.22. The predicted octanol–water partition coefficient (Wildman–Crippen LogP) is 6.79. The van der Waals surface area contributed by atoms with Crippen molar-refractivity contribution < 1.29 is 14.7 Å². The number of anilines is 1. The average molecular weight is 535 g/mol. The molecule has 1 aliphatic heterocycles. The number of aryl methyl sites for hydroxylation is 1. The number of hydrogen-bond acceptors (Lipinski definition) is 5. The van der Waals surface area contributed by atoms with Crippen LogP contribution in [-0.4, -0.2) is 40.7 Å². The average Bonchev–Trinajstić information content (AvgIpc) is 3.12. The number of amides is 2. The van der Waals surface area contributed by atoms with Crippen molar-refractivity contribution in [3.63, 3.8) is 0 Å². The number of rotatable bonds is 7. The van der Waals surface area contributed by atoms with E-state index < -0.39 is 6.10 Å². The Bertz CT molecular complexity index is 1180. The van der Waals surface area contributed by atoms with Crippen molar-refractivity contribution in [1.82, 2.24) is 4.90 Å². The van der Waals surface area contributed by atoms with Crippen molar-refractivity contribution in [2.24, 2.45) is 10.7 Å². The Kier molecular flexibility index (Phi) is 12.9. The molecule has 1 unspecified atom stereocenters. The highest BCUT2D eigenvalue weighted by atomic mass is 16.3. The Balaban J connectivity index is 0.00000127. The van der Waals surface area contributed by atoms with Crippen LogP contribution in [0.2, 0.25) is 0 Å². The van der Waals surface area contributed by atoms with Crippen LogP contribution in [0.1, 0.15) is 107 Å². The Labute approximate surface area is 234 Å². The summed E-state index contributed by atoms with van der Waals surface area (Å²) >= 11 is 0. The minimum atomic E-state index is -0.491. The SMILES string of the molecule is CC.CC.CCCN(CCC)C(=O)C1=Cc2ccc(C(=O)Nc3ccc4c(c3)C(O)CCC4)cc2N=C(N)C1. The Hall–Kier alpha value is -3.45. The molecule has 7 heteroatoms. The monoisotopic (exact) mass is 534 g/mol. The molecule has 2 aromatic carbocycles. The minimum absolute atomic E-state index is 0.0175. The van der Waals surface area contributed by atoms with Gasteiger partial charge in [0.15, 0.2) is 0 Å². The number of amidine groups is 1. The van der Waals surface area contributed by atoms with Gasteiger partial charge in [0.1, 0.15) is 5.84 Å². The quantitative estimate of drug-likeness (QED) is 0.364. The molecule has 0 radical (unpaired) electrons. The zero-order valence-electron chi connectivity index (χ0n) is 24.5. The molecular formula is C32H46N4O3. The molecule has 4 N–H and O–H groups in total. The second kappa shape index (κ2) is 15.8. The van der Waals surface area contributed by atoms with Crippen LogP contribution in [-0.2, 0) is 11.2 Å². The summed E-state index contributed by atoms with van der Waals surface area (Å²) in [6.45, 7) is 13.5. The third-order valence-electron chi connectivity index (χ3n) is 6.49. The van der Waals surface area contributed by atoms with E-state index in [9.17, 15) is 14.7 Å². The van der Waals surface area contributed by atoms with Gasteiger partial charge in [-0.1, -0.05) is 53.7 Å². The maximum atomic E-state index is 13.2. The topological polar surface area (TPSA) is 108 Å². The van der Waals surface area contributed by atoms with E-state index in [1.807, 2.05) is 56.9 Å². The van der Waals surface area contributed by atoms with Gasteiger partial charge in [0.2, 0.25) is 5.91 Å². The van der Waals surface area contributed by atoms with Crippen LogP contribution in [0.3, 0.4) is 0 Å². The maximum Gasteiger partial charge on any atom is 0.255 e. The number of aliphatic hydroxyl groups is 1. The maximum absolute atomic E-state index is 13.2. The first-order chi connectivity index (χ1) is 18.9. The molecule has 0 bridgehead atoms. The zero-order valence-corrected chi connectivity index (χ0v) is 24.5. The van der Waals surface area contributed by atoms with E-state index in [2.05, 4.69) is 24.2 Å². The lowest BCUT2D eigenvalue weighted by molar-refractivity contribution is -0.127. The standard InChI is InChI=1S/C28H34N4O3.2C2H6/c1-3-12-32(13-4-2)28(35)21-14-19-8-9-20(15-24(19)31-26(29)16-21)27(34)30-22-11-10-18-6-5-7-25(33)23(18)17-22;2*1-2/h8-11,14-15,17,25,33H,3-7,12-13,16H2,1-2H3,(H2,29,31)(H,30,34);2*1-2H3. The second-order valence-electron chi connectivity index (χ2n) is 9.29. The first-order valence-corrected chi connectivity index (χ1v) is 14.5. The molecule has 2 aromatic rings. The Morgan fingerprint density at radius 2 is 1.74 bits per heavy atom. The van der Waals surface area contributed by atoms with E-state index in [1.54, 1.807) is 18.2 Å². The van der Waals surface area contributed by atoms with Gasteiger partial charge < -0.3 is 21.1 Å². The molecule has 1 atom stereocenters. The van der Waals surface area contributed by atoms with Crippen LogP contribution < -0.4 is 11.1 Å². The summed E-state index contributed by atoms with van der Waals surface area (Å²) in [4.78, 5) is 32.5. The van der Waals surface area contributed by atoms with Crippen molar-refractivity contribution in [1.29, 1.82) is 0 Å². The summed E-state index contributed by atoms with van der Waals surface area (Å²) in [5.74, 6) is 0.0575. The lowest BCUT2D eigenvalue weighted by atomic mass is 9.89. The lowest BCUT2D eigenvalue weighted by Crippen LogP contribution is -2.34. The molecule has 0 saturated carbocycles. The first kappa shape index (κ1) is 31.8. The van der Waals surface area contributed by atoms with Gasteiger partial charge in [-0.05, 0) is 73.6 Å². The normalized spacial score (nSPS) is 15.4. The molecule has 2 aliphatic rings. The summed E-state index contributed by atoms with van der Waals surface area (Å²) in [5, 5.41) is 13.2. The van der Waals surface area contributed by atoms with E-state index in [-0.39, 0.29) is 18.2 Å². The first-order valence-electron chi connectivity index (χ1n) is 14.5. The van der Waals surface area contributed by atoms with Gasteiger partial charge in [0, 0.05) is 41.9 Å². The summed E-state index contributed by atoms with van der Waals surface area (Å²) in [6.07, 6.45) is 6.05. The van der Waals surface area contributed by atoms with Crippen LogP contribution in [0, 0.1) is 0 Å². The van der Waals surface area contributed by atoms with E-state index >= 15 is 0 Å². The molecule has 0 aromatic heterocycles. The summed E-state index contributed by atoms with van der Waals surface area (Å²) < 4.78 is 0. The molecule has 0 spiro atoms. The Morgan fingerprint density at radius 3 is 2.41 bits per heavy atom. The van der Waals surface area contributed by atoms with Crippen LogP contribution in [0.25, 0.3) is 6.08 Å². The number of fused-ring (bicyclic) bond motifs is 2. The van der Waals surface area contributed by atoms with Gasteiger partial charge in [-0.3, -0.25) is 9.59 Å². The van der Waals surface area contributed by atoms with Gasteiger partial charge >= 0.3 is 0 Å². The highest BCUT2D eigenvalue weighted by molar-refractivity contribution is 6.08. The molecule has 7 nitrogen and oxygen atoms in total. The van der Waals surface area contributed by atoms with Crippen molar-refractivity contribution in [3.05, 3.63) is 64.2 Å². The summed E-state index contributed by atoms with van der Waals surface area (Å²) in [5.41, 5.74) is 11.2. The van der Waals surface area contributed by atoms with Crippen molar-refractivity contribution in [2.75, 3.05) is 18.4 Å². The third kappa shape index (κ3) is 8.27. The molecule has 212 valence electrons. The molecule has 0 fully saturated rings. The van der Waals surface area contributed by atoms with Crippen molar-refractivity contribution >= 4 is 35.1 Å². The number of carbonyl (C=O) groups is 2. The number of aliphatic hydroxyl groups excluding tert-OH is 1. The molecule has 2 amide bonds. The van der Waals surface area contributed by atoms with Crippen LogP contribution in [0.5, 0.6) is 0 Å². The van der Waals surface area contributed by atoms with Gasteiger partial charge in [-0.15, -0.1) is 0 Å². The van der Waals surface area contributed by atoms with Crippen LogP contribution in [0.4, 0.5) is 11.4 Å². The number of nitrogens with zero attached hydrogens (tertiary/aromatic N) is 2. The number of aliphatic imine (C=N–C) groups is 1. The van der Waals surface area contributed by atoms with Crippen LogP contribution in [0.15, 0.2) is 47.0 Å². The fraction of sp³-hybridized carbons (Fsp3) is 0.469. The largest absolute Gasteiger partial charge is 0.388 e. The summed E-state index contributed by atoms with van der Waals surface area (Å²) in [6, 6.07) is 10.9. The van der Waals surface area contributed by atoms with Crippen molar-refractivity contribution in [2.45, 2.75) is 86.2 Å². The number of benzene rings is 2. The molecule has 0 saturated heterocycles. The van der Waals surface area contributed by atoms with Gasteiger partial charge in [0.25, 0.3) is 5.91 Å². The minimum Gasteiger partial charge on any atom is -0.388 e. The summed E-state index contributed by atoms with van der Waals surface area (Å²) in [7, 11) is 0. The second-order valence-corrected chi connectivity index (χ2v) is 9.29. The predicted molar refractivity (Wildman–Crippen MR) is 162 cm³/mol. The molecular weight excluding hydrogens is 488 g/mol. The number of nitrogens with one attached hydrogen (secondary N) is 1. The van der Waals surface area contributed by atoms with Gasteiger partial charge in [-0.25, -0.2) is 4.99 Å². The number of hydrogen-bond donors (Lipinski definition) is 3. The van der Waals surface area contributed by atoms with E-state index in [0.29, 0.717) is 41.4 Å². The highest BCUT2D eigenvalue weighted by Crippen LogP contribution is 2.32. The molecule has 4 rings (SSSR count). The van der Waals surface area contributed by atoms with Crippen LogP contribution >= 0.6 is 0 Å². The molecule has 39 heavy (non-hydrogen) atoms. The molecule has 1 heterocycles. The van der Waals surface area contributed by atoms with Gasteiger partial charge in [0.05, 0.1) is 11.8 Å². The Morgan fingerprint density at radius 1 is 1.05 bits per heavy atom. The zero-order chi connectivity index (χ0) is 28.9. The van der Waals surface area contributed by atoms with E-state index in [4.69, 9.17) is 5.73 Å². The molecule has 1 aliphatic carbocycles. The fourth-order valence-corrected chi connectivity index (χ4v) is 4.78. The van der Waals surface area contributed by atoms with E-state index in [0.717, 1.165) is 48.8 Å². The number of carbonyl (C=O) groups excluding carboxylic acids is 2. The number of nitrogens with two attached hydrogens (primary N) is 1. The fourth-order valence-electron chi connectivity index (χ4n) is 4.78. The third-order valence-corrected chi connectivity index (χ3v) is 6.49. The lowest BCUT2D eigenvalue weighted by Gasteiger charge is -2.22. The smallest absolute Gasteiger partial charge is 0.255 e. The van der Waals surface area contributed by atoms with Crippen molar-refractivity contribution in [3.8, 4) is 0 Å². The van der Waals surface area contributed by atoms with Gasteiger partial charge in [-0.2, -0.15) is 0 Å².